The molecule has 1 aromatic carbocycles. The molecule has 0 aromatic heterocycles. The van der Waals surface area contributed by atoms with E-state index in [1.54, 1.807) is 6.92 Å². The van der Waals surface area contributed by atoms with Crippen LogP contribution < -0.4 is 0 Å². The van der Waals surface area contributed by atoms with Crippen molar-refractivity contribution in [1.82, 2.24) is 0 Å². The lowest BCUT2D eigenvalue weighted by Crippen LogP contribution is -2.15. The van der Waals surface area contributed by atoms with Crippen molar-refractivity contribution in [3.8, 4) is 0 Å². The number of hydrogen-bond acceptors (Lipinski definition) is 3. The molecule has 0 spiro atoms. The standard InChI is InChI=1S/C14H12O3/c1-10-12(15)7-8-13(16)14(10)17-9-11-5-3-2-4-6-11/h2-8H,9H2,1H3. The first-order valence-corrected chi connectivity index (χ1v) is 5.33. The lowest BCUT2D eigenvalue weighted by atomic mass is 10.0. The number of allylic oxidation sites excluding steroid dienone is 3. The van der Waals surface area contributed by atoms with Gasteiger partial charge in [-0.05, 0) is 24.6 Å². The van der Waals surface area contributed by atoms with E-state index in [9.17, 15) is 9.59 Å². The van der Waals surface area contributed by atoms with Crippen LogP contribution >= 0.6 is 0 Å². The predicted molar refractivity (Wildman–Crippen MR) is 63.1 cm³/mol. The number of carbonyl (C=O) groups is 2. The number of hydrogen-bond donors (Lipinski definition) is 0. The van der Waals surface area contributed by atoms with Crippen LogP contribution in [0.2, 0.25) is 0 Å². The summed E-state index contributed by atoms with van der Waals surface area (Å²) in [7, 11) is 0. The van der Waals surface area contributed by atoms with Crippen LogP contribution in [0.25, 0.3) is 0 Å². The Morgan fingerprint density at radius 3 is 2.35 bits per heavy atom. The molecule has 1 aliphatic carbocycles. The maximum absolute atomic E-state index is 11.5. The maximum atomic E-state index is 11.5. The van der Waals surface area contributed by atoms with Crippen molar-refractivity contribution in [1.29, 1.82) is 0 Å². The maximum Gasteiger partial charge on any atom is 0.220 e. The van der Waals surface area contributed by atoms with Gasteiger partial charge in [0.1, 0.15) is 6.61 Å². The predicted octanol–water partition coefficient (Wildman–Crippen LogP) is 2.19. The summed E-state index contributed by atoms with van der Waals surface area (Å²) < 4.78 is 5.42. The minimum atomic E-state index is -0.252. The van der Waals surface area contributed by atoms with E-state index >= 15 is 0 Å². The van der Waals surface area contributed by atoms with Gasteiger partial charge in [0.05, 0.1) is 0 Å². The summed E-state index contributed by atoms with van der Waals surface area (Å²) in [6.45, 7) is 1.89. The molecule has 86 valence electrons. The second-order valence-corrected chi connectivity index (χ2v) is 3.79. The van der Waals surface area contributed by atoms with Crippen molar-refractivity contribution in [3.63, 3.8) is 0 Å². The fourth-order valence-electron chi connectivity index (χ4n) is 1.56. The Bertz CT molecular complexity index is 510. The highest BCUT2D eigenvalue weighted by Crippen LogP contribution is 2.16. The molecule has 0 N–H and O–H groups in total. The minimum absolute atomic E-state index is 0.154. The Kier molecular flexibility index (Phi) is 3.19. The van der Waals surface area contributed by atoms with Gasteiger partial charge in [-0.1, -0.05) is 30.3 Å². The largest absolute Gasteiger partial charge is 0.484 e. The molecule has 0 radical (unpaired) electrons. The zero-order valence-corrected chi connectivity index (χ0v) is 9.47. The van der Waals surface area contributed by atoms with Crippen molar-refractivity contribution in [2.45, 2.75) is 13.5 Å². The summed E-state index contributed by atoms with van der Waals surface area (Å²) in [4.78, 5) is 22.9. The van der Waals surface area contributed by atoms with Crippen LogP contribution in [-0.4, -0.2) is 11.6 Å². The van der Waals surface area contributed by atoms with Gasteiger partial charge in [-0.15, -0.1) is 0 Å². The first-order valence-electron chi connectivity index (χ1n) is 5.33. The van der Waals surface area contributed by atoms with E-state index in [1.165, 1.54) is 12.2 Å². The number of carbonyl (C=O) groups excluding carboxylic acids is 2. The van der Waals surface area contributed by atoms with Crippen LogP contribution in [0.15, 0.2) is 53.8 Å². The normalized spacial score (nSPS) is 15.4. The van der Waals surface area contributed by atoms with Crippen LogP contribution in [0, 0.1) is 0 Å². The topological polar surface area (TPSA) is 43.4 Å². The highest BCUT2D eigenvalue weighted by Gasteiger charge is 2.20. The Morgan fingerprint density at radius 2 is 1.65 bits per heavy atom. The summed E-state index contributed by atoms with van der Waals surface area (Å²) in [5.74, 6) is -0.271. The molecule has 0 heterocycles. The summed E-state index contributed by atoms with van der Waals surface area (Å²) in [5, 5.41) is 0. The second-order valence-electron chi connectivity index (χ2n) is 3.79. The third kappa shape index (κ3) is 2.50. The second kappa shape index (κ2) is 4.78. The first kappa shape index (κ1) is 11.3. The van der Waals surface area contributed by atoms with Crippen molar-refractivity contribution >= 4 is 11.6 Å². The number of benzene rings is 1. The van der Waals surface area contributed by atoms with Crippen LogP contribution in [0.1, 0.15) is 12.5 Å². The van der Waals surface area contributed by atoms with Crippen molar-refractivity contribution in [2.75, 3.05) is 0 Å². The average molecular weight is 228 g/mol. The molecule has 0 aliphatic heterocycles. The van der Waals surface area contributed by atoms with Gasteiger partial charge in [-0.3, -0.25) is 9.59 Å². The zero-order chi connectivity index (χ0) is 12.3. The Balaban J connectivity index is 2.11. The smallest absolute Gasteiger partial charge is 0.220 e. The molecule has 0 saturated carbocycles. The quantitative estimate of drug-likeness (QED) is 0.745. The highest BCUT2D eigenvalue weighted by molar-refractivity contribution is 6.18. The SMILES string of the molecule is CC1=C(OCc2ccccc2)C(=O)C=CC1=O. The van der Waals surface area contributed by atoms with Gasteiger partial charge in [-0.2, -0.15) is 0 Å². The fraction of sp³-hybridized carbons (Fsp3) is 0.143. The molecular weight excluding hydrogens is 216 g/mol. The monoisotopic (exact) mass is 228 g/mol. The highest BCUT2D eigenvalue weighted by atomic mass is 16.5. The van der Waals surface area contributed by atoms with Gasteiger partial charge >= 0.3 is 0 Å². The number of ketones is 2. The van der Waals surface area contributed by atoms with Gasteiger partial charge in [0, 0.05) is 5.57 Å². The third-order valence-electron chi connectivity index (χ3n) is 2.55. The van der Waals surface area contributed by atoms with Crippen LogP contribution in [0.3, 0.4) is 0 Å². The molecule has 3 heteroatoms. The summed E-state index contributed by atoms with van der Waals surface area (Å²) in [5.41, 5.74) is 1.33. The van der Waals surface area contributed by atoms with Crippen LogP contribution in [0.4, 0.5) is 0 Å². The van der Waals surface area contributed by atoms with E-state index in [0.717, 1.165) is 5.56 Å². The summed E-state index contributed by atoms with van der Waals surface area (Å²) >= 11 is 0. The molecule has 1 aliphatic rings. The third-order valence-corrected chi connectivity index (χ3v) is 2.55. The summed E-state index contributed by atoms with van der Waals surface area (Å²) in [6, 6.07) is 9.51. The minimum Gasteiger partial charge on any atom is -0.484 e. The first-order chi connectivity index (χ1) is 8.18. The average Bonchev–Trinajstić information content (AvgIpc) is 2.35. The van der Waals surface area contributed by atoms with Crippen molar-refractivity contribution < 1.29 is 14.3 Å². The summed E-state index contributed by atoms with van der Waals surface area (Å²) in [6.07, 6.45) is 2.52. The van der Waals surface area contributed by atoms with Gasteiger partial charge < -0.3 is 4.74 Å². The van der Waals surface area contributed by atoms with Gasteiger partial charge in [0.2, 0.25) is 5.78 Å². The van der Waals surface area contributed by atoms with E-state index in [-0.39, 0.29) is 17.3 Å². The fourth-order valence-corrected chi connectivity index (χ4v) is 1.56. The van der Waals surface area contributed by atoms with E-state index in [2.05, 4.69) is 0 Å². The molecule has 0 atom stereocenters. The molecule has 0 amide bonds. The lowest BCUT2D eigenvalue weighted by Gasteiger charge is -2.13. The number of ether oxygens (including phenoxy) is 1. The van der Waals surface area contributed by atoms with E-state index < -0.39 is 0 Å². The Hall–Kier alpha value is -2.16. The van der Waals surface area contributed by atoms with Gasteiger partial charge in [0.15, 0.2) is 11.5 Å². The van der Waals surface area contributed by atoms with Crippen molar-refractivity contribution in [3.05, 3.63) is 59.4 Å². The Morgan fingerprint density at radius 1 is 1.00 bits per heavy atom. The molecule has 0 unspecified atom stereocenters. The van der Waals surface area contributed by atoms with Crippen LogP contribution in [-0.2, 0) is 20.9 Å². The van der Waals surface area contributed by atoms with Crippen molar-refractivity contribution in [2.24, 2.45) is 0 Å². The number of rotatable bonds is 3. The Labute approximate surface area is 99.4 Å². The zero-order valence-electron chi connectivity index (χ0n) is 9.47. The lowest BCUT2D eigenvalue weighted by molar-refractivity contribution is -0.118. The molecular formula is C14H12O3. The van der Waals surface area contributed by atoms with E-state index in [1.807, 2.05) is 30.3 Å². The molecule has 17 heavy (non-hydrogen) atoms. The van der Waals surface area contributed by atoms with Gasteiger partial charge in [0.25, 0.3) is 0 Å². The van der Waals surface area contributed by atoms with E-state index in [0.29, 0.717) is 12.2 Å². The molecule has 1 aromatic rings. The van der Waals surface area contributed by atoms with Crippen LogP contribution in [0.5, 0.6) is 0 Å². The molecule has 3 nitrogen and oxygen atoms in total. The molecule has 0 saturated heterocycles. The molecule has 0 bridgehead atoms. The van der Waals surface area contributed by atoms with Gasteiger partial charge in [-0.25, -0.2) is 0 Å². The molecule has 0 fully saturated rings. The molecule has 2 rings (SSSR count). The van der Waals surface area contributed by atoms with E-state index in [4.69, 9.17) is 4.74 Å².